The average Bonchev–Trinajstić information content (AvgIpc) is 2.38. The van der Waals surface area contributed by atoms with Crippen molar-refractivity contribution in [3.8, 4) is 17.0 Å². The number of ether oxygens (including phenoxy) is 1. The summed E-state index contributed by atoms with van der Waals surface area (Å²) in [4.78, 5) is 4.16. The van der Waals surface area contributed by atoms with E-state index in [1.165, 1.54) is 13.3 Å². The van der Waals surface area contributed by atoms with Gasteiger partial charge in [0.1, 0.15) is 5.75 Å². The Bertz CT molecular complexity index is 581. The third-order valence-electron chi connectivity index (χ3n) is 2.21. The monoisotopic (exact) mass is 236 g/mol. The van der Waals surface area contributed by atoms with Gasteiger partial charge in [-0.15, -0.1) is 0 Å². The van der Waals surface area contributed by atoms with Crippen molar-refractivity contribution in [2.24, 2.45) is 0 Å². The molecule has 0 aliphatic rings. The molecule has 2 aromatic rings. The highest BCUT2D eigenvalue weighted by atomic mass is 35.5. The molecule has 0 spiro atoms. The lowest BCUT2D eigenvalue weighted by Gasteiger charge is -2.06. The summed E-state index contributed by atoms with van der Waals surface area (Å²) in [6.45, 7) is -2.14. The minimum absolute atomic E-state index is 0.220. The third-order valence-corrected chi connectivity index (χ3v) is 2.52. The number of halogens is 1. The molecule has 1 heterocycles. The van der Waals surface area contributed by atoms with Crippen LogP contribution < -0.4 is 4.74 Å². The van der Waals surface area contributed by atoms with E-state index in [9.17, 15) is 0 Å². The van der Waals surface area contributed by atoms with Crippen molar-refractivity contribution in [2.75, 3.05) is 7.11 Å². The first-order chi connectivity index (χ1) is 8.91. The van der Waals surface area contributed by atoms with Crippen LogP contribution in [0.5, 0.6) is 5.75 Å². The summed E-state index contributed by atoms with van der Waals surface area (Å²) in [6, 6.07) is 8.51. The van der Waals surface area contributed by atoms with Gasteiger partial charge in [-0.2, -0.15) is 0 Å². The maximum Gasteiger partial charge on any atom is 0.138 e. The smallest absolute Gasteiger partial charge is 0.138 e. The number of benzene rings is 1. The zero-order valence-corrected chi connectivity index (χ0v) is 9.45. The fraction of sp³-hybridized carbons (Fsp3) is 0.154. The quantitative estimate of drug-likeness (QED) is 0.793. The summed E-state index contributed by atoms with van der Waals surface area (Å²) in [6.07, 6.45) is 1.36. The molecule has 2 nitrogen and oxygen atoms in total. The van der Waals surface area contributed by atoms with Crippen molar-refractivity contribution in [2.45, 2.75) is 6.85 Å². The molecule has 0 saturated carbocycles. The zero-order chi connectivity index (χ0) is 14.0. The van der Waals surface area contributed by atoms with Gasteiger partial charge in [0.15, 0.2) is 0 Å². The maximum absolute atomic E-state index is 7.30. The van der Waals surface area contributed by atoms with Gasteiger partial charge in [0.2, 0.25) is 0 Å². The van der Waals surface area contributed by atoms with Crippen LogP contribution in [0.4, 0.5) is 0 Å². The number of rotatable bonds is 2. The molecule has 0 amide bonds. The standard InChI is InChI=1S/C13H12ClNO/c1-9-3-6-12(15-8-9)10-4-5-11(14)13(7-10)16-2/h3-8H,1-2H3/i1D3. The van der Waals surface area contributed by atoms with Crippen molar-refractivity contribution in [1.29, 1.82) is 0 Å². The molecule has 16 heavy (non-hydrogen) atoms. The topological polar surface area (TPSA) is 22.1 Å². The fourth-order valence-electron chi connectivity index (χ4n) is 1.38. The average molecular weight is 237 g/mol. The Labute approximate surface area is 104 Å². The molecule has 0 bridgehead atoms. The molecule has 0 unspecified atom stereocenters. The Kier molecular flexibility index (Phi) is 2.18. The van der Waals surface area contributed by atoms with Gasteiger partial charge in [-0.25, -0.2) is 0 Å². The molecule has 0 aliphatic heterocycles. The summed E-state index contributed by atoms with van der Waals surface area (Å²) in [5.74, 6) is 0.556. The second kappa shape index (κ2) is 4.54. The van der Waals surface area contributed by atoms with E-state index >= 15 is 0 Å². The van der Waals surface area contributed by atoms with Crippen LogP contribution in [-0.4, -0.2) is 12.1 Å². The van der Waals surface area contributed by atoms with Crippen LogP contribution in [0.25, 0.3) is 11.3 Å². The molecule has 1 aromatic heterocycles. The Morgan fingerprint density at radius 3 is 2.81 bits per heavy atom. The number of aryl methyl sites for hydroxylation is 1. The normalized spacial score (nSPS) is 13.8. The number of methoxy groups -OCH3 is 1. The number of hydrogen-bond acceptors (Lipinski definition) is 2. The first kappa shape index (κ1) is 7.69. The van der Waals surface area contributed by atoms with E-state index in [0.29, 0.717) is 16.5 Å². The summed E-state index contributed by atoms with van der Waals surface area (Å²) < 4.78 is 27.0. The molecule has 0 radical (unpaired) electrons. The first-order valence-corrected chi connectivity index (χ1v) is 5.10. The molecule has 0 atom stereocenters. The van der Waals surface area contributed by atoms with Crippen molar-refractivity contribution < 1.29 is 8.85 Å². The van der Waals surface area contributed by atoms with Crippen LogP contribution in [0, 0.1) is 6.85 Å². The lowest BCUT2D eigenvalue weighted by Crippen LogP contribution is -1.87. The number of pyridine rings is 1. The van der Waals surface area contributed by atoms with Gasteiger partial charge in [0.25, 0.3) is 0 Å². The van der Waals surface area contributed by atoms with Crippen LogP contribution in [-0.2, 0) is 0 Å². The summed E-state index contributed by atoms with van der Waals surface area (Å²) in [5.41, 5.74) is 1.71. The van der Waals surface area contributed by atoms with Gasteiger partial charge in [0.05, 0.1) is 17.8 Å². The number of nitrogens with zero attached hydrogens (tertiary/aromatic N) is 1. The van der Waals surface area contributed by atoms with Gasteiger partial charge >= 0.3 is 0 Å². The third kappa shape index (κ3) is 2.17. The predicted molar refractivity (Wildman–Crippen MR) is 66.0 cm³/mol. The highest BCUT2D eigenvalue weighted by Gasteiger charge is 2.04. The second-order valence-electron chi connectivity index (χ2n) is 3.28. The predicted octanol–water partition coefficient (Wildman–Crippen LogP) is 3.72. The SMILES string of the molecule is [2H]C([2H])([2H])c1ccc(-c2ccc(Cl)c(OC)c2)nc1. The van der Waals surface area contributed by atoms with E-state index in [4.69, 9.17) is 20.5 Å². The van der Waals surface area contributed by atoms with E-state index in [1.807, 2.05) is 6.07 Å². The molecule has 1 aromatic carbocycles. The Morgan fingerprint density at radius 1 is 1.31 bits per heavy atom. The van der Waals surface area contributed by atoms with Gasteiger partial charge < -0.3 is 4.74 Å². The molecule has 2 rings (SSSR count). The lowest BCUT2D eigenvalue weighted by atomic mass is 10.1. The second-order valence-corrected chi connectivity index (χ2v) is 3.69. The Balaban J connectivity index is 2.37. The summed E-state index contributed by atoms with van der Waals surface area (Å²) in [7, 11) is 1.54. The van der Waals surface area contributed by atoms with Gasteiger partial charge in [-0.3, -0.25) is 4.98 Å². The van der Waals surface area contributed by atoms with Crippen molar-refractivity contribution in [3.63, 3.8) is 0 Å². The Hall–Kier alpha value is -1.54. The van der Waals surface area contributed by atoms with Crippen LogP contribution >= 0.6 is 11.6 Å². The van der Waals surface area contributed by atoms with Crippen molar-refractivity contribution in [3.05, 3.63) is 47.1 Å². The van der Waals surface area contributed by atoms with E-state index < -0.39 is 6.85 Å². The molecule has 82 valence electrons. The van der Waals surface area contributed by atoms with Crippen LogP contribution in [0.1, 0.15) is 9.68 Å². The van der Waals surface area contributed by atoms with Crippen molar-refractivity contribution in [1.82, 2.24) is 4.98 Å². The zero-order valence-electron chi connectivity index (χ0n) is 11.7. The van der Waals surface area contributed by atoms with Gasteiger partial charge in [0, 0.05) is 15.9 Å². The highest BCUT2D eigenvalue weighted by Crippen LogP contribution is 2.29. The summed E-state index contributed by atoms with van der Waals surface area (Å²) in [5, 5.41) is 0.519. The molecular weight excluding hydrogens is 222 g/mol. The molecule has 0 aliphatic carbocycles. The number of aromatic nitrogens is 1. The summed E-state index contributed by atoms with van der Waals surface area (Å²) >= 11 is 5.95. The van der Waals surface area contributed by atoms with Crippen LogP contribution in [0.15, 0.2) is 36.5 Å². The lowest BCUT2D eigenvalue weighted by molar-refractivity contribution is 0.415. The van der Waals surface area contributed by atoms with Crippen LogP contribution in [0.3, 0.4) is 0 Å². The van der Waals surface area contributed by atoms with Gasteiger partial charge in [-0.1, -0.05) is 23.7 Å². The van der Waals surface area contributed by atoms with Crippen LogP contribution in [0.2, 0.25) is 5.02 Å². The van der Waals surface area contributed by atoms with Gasteiger partial charge in [-0.05, 0) is 30.6 Å². The Morgan fingerprint density at radius 2 is 2.19 bits per heavy atom. The van der Waals surface area contributed by atoms with E-state index in [-0.39, 0.29) is 5.56 Å². The van der Waals surface area contributed by atoms with Crippen molar-refractivity contribution >= 4 is 11.6 Å². The minimum Gasteiger partial charge on any atom is -0.495 e. The minimum atomic E-state index is -2.14. The number of hydrogen-bond donors (Lipinski definition) is 0. The molecular formula is C13H12ClNO. The molecule has 0 fully saturated rings. The first-order valence-electron chi connectivity index (χ1n) is 6.22. The molecule has 0 saturated heterocycles. The molecule has 3 heteroatoms. The largest absolute Gasteiger partial charge is 0.495 e. The molecule has 0 N–H and O–H groups in total. The maximum atomic E-state index is 7.30. The fourth-order valence-corrected chi connectivity index (χ4v) is 1.58. The van der Waals surface area contributed by atoms with E-state index in [2.05, 4.69) is 4.98 Å². The van der Waals surface area contributed by atoms with E-state index in [1.54, 1.807) is 24.3 Å². The highest BCUT2D eigenvalue weighted by molar-refractivity contribution is 6.32. The van der Waals surface area contributed by atoms with E-state index in [0.717, 1.165) is 5.56 Å².